The Hall–Kier alpha value is -3.20. The molecule has 30 heavy (non-hydrogen) atoms. The van der Waals surface area contributed by atoms with Crippen LogP contribution in [0.1, 0.15) is 32.6 Å². The van der Waals surface area contributed by atoms with Crippen LogP contribution in [0.4, 0.5) is 5.95 Å². The second-order valence-electron chi connectivity index (χ2n) is 7.52. The first-order valence-corrected chi connectivity index (χ1v) is 10.4. The molecule has 1 saturated carbocycles. The van der Waals surface area contributed by atoms with E-state index in [0.717, 1.165) is 48.9 Å². The molecule has 1 aliphatic rings. The Kier molecular flexibility index (Phi) is 4.96. The number of nitrogens with one attached hydrogen (secondary N) is 1. The van der Waals surface area contributed by atoms with Gasteiger partial charge in [0.2, 0.25) is 17.6 Å². The van der Waals surface area contributed by atoms with Gasteiger partial charge in [-0.25, -0.2) is 14.5 Å². The van der Waals surface area contributed by atoms with Gasteiger partial charge in [-0.1, -0.05) is 0 Å². The van der Waals surface area contributed by atoms with Crippen LogP contribution in [0.3, 0.4) is 0 Å². The first kappa shape index (κ1) is 18.8. The third-order valence-electron chi connectivity index (χ3n) is 5.64. The normalized spacial score (nSPS) is 19.4. The second kappa shape index (κ2) is 7.91. The summed E-state index contributed by atoms with van der Waals surface area (Å²) in [6.07, 6.45) is 13.9. The highest BCUT2D eigenvalue weighted by molar-refractivity contribution is 5.84. The maximum atomic E-state index is 5.75. The predicted molar refractivity (Wildman–Crippen MR) is 113 cm³/mol. The monoisotopic (exact) mass is 407 g/mol. The second-order valence-corrected chi connectivity index (χ2v) is 7.52. The van der Waals surface area contributed by atoms with Crippen molar-refractivity contribution in [3.8, 4) is 17.0 Å². The molecular weight excluding hydrogens is 382 g/mol. The molecule has 5 rings (SSSR count). The van der Waals surface area contributed by atoms with Crippen LogP contribution in [-0.4, -0.2) is 54.8 Å². The molecule has 4 heterocycles. The van der Waals surface area contributed by atoms with Crippen molar-refractivity contribution in [3.05, 3.63) is 37.1 Å². The van der Waals surface area contributed by atoms with E-state index in [9.17, 15) is 0 Å². The SMILES string of the molecule is CCO[C@H]1CC[C@@H](Nc2nc(OC)c3c(-c4cnc5nccn5c4)ccn3n2)CC1. The molecule has 9 nitrogen and oxygen atoms in total. The summed E-state index contributed by atoms with van der Waals surface area (Å²) in [6.45, 7) is 2.83. The van der Waals surface area contributed by atoms with Crippen molar-refractivity contribution in [3.63, 3.8) is 0 Å². The molecule has 1 fully saturated rings. The van der Waals surface area contributed by atoms with E-state index in [-0.39, 0.29) is 0 Å². The fourth-order valence-corrected chi connectivity index (χ4v) is 4.18. The van der Waals surface area contributed by atoms with Crippen molar-refractivity contribution < 1.29 is 9.47 Å². The van der Waals surface area contributed by atoms with Crippen molar-refractivity contribution in [2.75, 3.05) is 19.0 Å². The third-order valence-corrected chi connectivity index (χ3v) is 5.64. The van der Waals surface area contributed by atoms with Crippen molar-refractivity contribution in [2.45, 2.75) is 44.8 Å². The van der Waals surface area contributed by atoms with Crippen LogP contribution in [0.2, 0.25) is 0 Å². The highest BCUT2D eigenvalue weighted by atomic mass is 16.5. The van der Waals surface area contributed by atoms with E-state index in [4.69, 9.17) is 9.47 Å². The zero-order valence-electron chi connectivity index (χ0n) is 17.2. The number of anilines is 1. The van der Waals surface area contributed by atoms with E-state index in [1.54, 1.807) is 19.5 Å². The van der Waals surface area contributed by atoms with Gasteiger partial charge in [0.25, 0.3) is 0 Å². The molecule has 0 bridgehead atoms. The van der Waals surface area contributed by atoms with Gasteiger partial charge in [0.15, 0.2) is 0 Å². The van der Waals surface area contributed by atoms with Crippen molar-refractivity contribution in [1.82, 2.24) is 29.0 Å². The molecule has 9 heteroatoms. The molecule has 0 atom stereocenters. The molecule has 0 spiro atoms. The summed E-state index contributed by atoms with van der Waals surface area (Å²) in [7, 11) is 1.63. The summed E-state index contributed by atoms with van der Waals surface area (Å²) in [6, 6.07) is 2.34. The summed E-state index contributed by atoms with van der Waals surface area (Å²) in [4.78, 5) is 13.3. The van der Waals surface area contributed by atoms with Crippen LogP contribution < -0.4 is 10.1 Å². The Balaban J connectivity index is 1.43. The highest BCUT2D eigenvalue weighted by Gasteiger charge is 2.23. The minimum Gasteiger partial charge on any atom is -0.479 e. The van der Waals surface area contributed by atoms with Crippen molar-refractivity contribution in [1.29, 1.82) is 0 Å². The van der Waals surface area contributed by atoms with Gasteiger partial charge in [-0.05, 0) is 38.7 Å². The first-order valence-electron chi connectivity index (χ1n) is 10.4. The van der Waals surface area contributed by atoms with Gasteiger partial charge < -0.3 is 14.8 Å². The smallest absolute Gasteiger partial charge is 0.244 e. The van der Waals surface area contributed by atoms with Crippen molar-refractivity contribution in [2.24, 2.45) is 0 Å². The number of nitrogens with zero attached hydrogens (tertiary/aromatic N) is 6. The lowest BCUT2D eigenvalue weighted by atomic mass is 9.93. The maximum Gasteiger partial charge on any atom is 0.244 e. The lowest BCUT2D eigenvalue weighted by Gasteiger charge is -2.28. The molecule has 1 N–H and O–H groups in total. The summed E-state index contributed by atoms with van der Waals surface area (Å²) in [5.41, 5.74) is 2.71. The van der Waals surface area contributed by atoms with Crippen molar-refractivity contribution >= 4 is 17.2 Å². The zero-order valence-corrected chi connectivity index (χ0v) is 17.2. The number of hydrogen-bond acceptors (Lipinski definition) is 7. The van der Waals surface area contributed by atoms with Crippen LogP contribution in [0.25, 0.3) is 22.4 Å². The van der Waals surface area contributed by atoms with Gasteiger partial charge in [-0.3, -0.25) is 4.40 Å². The average Bonchev–Trinajstić information content (AvgIpc) is 3.41. The summed E-state index contributed by atoms with van der Waals surface area (Å²) in [5.74, 6) is 1.77. The van der Waals surface area contributed by atoms with E-state index >= 15 is 0 Å². The topological polar surface area (TPSA) is 90.9 Å². The van der Waals surface area contributed by atoms with Crippen LogP contribution in [0, 0.1) is 0 Å². The maximum absolute atomic E-state index is 5.75. The molecule has 4 aromatic rings. The van der Waals surface area contributed by atoms with Gasteiger partial charge in [0.1, 0.15) is 5.52 Å². The molecule has 0 radical (unpaired) electrons. The van der Waals surface area contributed by atoms with Crippen LogP contribution in [0.5, 0.6) is 5.88 Å². The third kappa shape index (κ3) is 3.45. The summed E-state index contributed by atoms with van der Waals surface area (Å²) in [5, 5.41) is 8.15. The molecule has 156 valence electrons. The Bertz CT molecular complexity index is 1160. The van der Waals surface area contributed by atoms with E-state index in [2.05, 4.69) is 32.3 Å². The molecule has 0 saturated heterocycles. The summed E-state index contributed by atoms with van der Waals surface area (Å²) < 4.78 is 15.1. The van der Waals surface area contributed by atoms with E-state index < -0.39 is 0 Å². The van der Waals surface area contributed by atoms with Gasteiger partial charge in [0, 0.05) is 54.8 Å². The molecule has 0 unspecified atom stereocenters. The van der Waals surface area contributed by atoms with Crippen LogP contribution in [0.15, 0.2) is 37.1 Å². The van der Waals surface area contributed by atoms with Gasteiger partial charge in [-0.2, -0.15) is 4.98 Å². The minimum atomic E-state index is 0.340. The molecule has 0 aliphatic heterocycles. The van der Waals surface area contributed by atoms with Gasteiger partial charge in [-0.15, -0.1) is 5.10 Å². The lowest BCUT2D eigenvalue weighted by Crippen LogP contribution is -2.30. The Morgan fingerprint density at radius 3 is 2.83 bits per heavy atom. The molecule has 1 aliphatic carbocycles. The molecular formula is C21H25N7O2. The Morgan fingerprint density at radius 2 is 2.03 bits per heavy atom. The lowest BCUT2D eigenvalue weighted by molar-refractivity contribution is 0.0346. The number of hydrogen-bond donors (Lipinski definition) is 1. The number of imidazole rings is 1. The van der Waals surface area contributed by atoms with Gasteiger partial charge >= 0.3 is 0 Å². The number of rotatable bonds is 6. The predicted octanol–water partition coefficient (Wildman–Crippen LogP) is 3.21. The minimum absolute atomic E-state index is 0.340. The van der Waals surface area contributed by atoms with Crippen LogP contribution >= 0.6 is 0 Å². The standard InChI is InChI=1S/C21H25N7O2/c1-3-30-16-6-4-15(5-7-16)24-20-25-19(29-2)18-17(8-10-28(18)26-20)14-12-23-21-22-9-11-27(21)13-14/h8-13,15-16H,3-7H2,1-2H3,(H,24,26)/t15-,16+. The van der Waals surface area contributed by atoms with Crippen LogP contribution in [-0.2, 0) is 4.74 Å². The Labute approximate surface area is 174 Å². The average molecular weight is 407 g/mol. The quantitative estimate of drug-likeness (QED) is 0.525. The molecule has 0 aromatic carbocycles. The fourth-order valence-electron chi connectivity index (χ4n) is 4.18. The zero-order chi connectivity index (χ0) is 20.5. The number of aromatic nitrogens is 6. The van der Waals surface area contributed by atoms with E-state index in [1.807, 2.05) is 33.6 Å². The van der Waals surface area contributed by atoms with E-state index in [0.29, 0.717) is 29.8 Å². The Morgan fingerprint density at radius 1 is 1.17 bits per heavy atom. The largest absolute Gasteiger partial charge is 0.479 e. The van der Waals surface area contributed by atoms with Gasteiger partial charge in [0.05, 0.1) is 13.2 Å². The molecule has 4 aromatic heterocycles. The first-order chi connectivity index (χ1) is 14.7. The van der Waals surface area contributed by atoms with E-state index in [1.165, 1.54) is 0 Å². The highest BCUT2D eigenvalue weighted by Crippen LogP contribution is 2.31. The number of ether oxygens (including phenoxy) is 2. The fraction of sp³-hybridized carbons (Fsp3) is 0.429. The molecule has 0 amide bonds. The number of fused-ring (bicyclic) bond motifs is 2. The summed E-state index contributed by atoms with van der Waals surface area (Å²) >= 11 is 0. The number of methoxy groups -OCH3 is 1.